The van der Waals surface area contributed by atoms with Gasteiger partial charge in [-0.05, 0) is 73.9 Å². The summed E-state index contributed by atoms with van der Waals surface area (Å²) >= 11 is 3.74. The molecule has 0 radical (unpaired) electrons. The Bertz CT molecular complexity index is 1350. The van der Waals surface area contributed by atoms with Crippen LogP contribution in [0.2, 0.25) is 0 Å². The lowest BCUT2D eigenvalue weighted by atomic mass is 9.98. The Morgan fingerprint density at radius 3 is 1.27 bits per heavy atom. The molecule has 0 unspecified atom stereocenters. The van der Waals surface area contributed by atoms with Crippen molar-refractivity contribution in [1.29, 1.82) is 0 Å². The fraction of sp³-hybridized carbons (Fsp3) is 0.500. The summed E-state index contributed by atoms with van der Waals surface area (Å²) in [5, 5.41) is 7.36. The molecule has 2 nitrogen and oxygen atoms in total. The van der Waals surface area contributed by atoms with Crippen LogP contribution in [0.3, 0.4) is 0 Å². The van der Waals surface area contributed by atoms with Gasteiger partial charge in [0.2, 0.25) is 0 Å². The number of thiophene rings is 2. The summed E-state index contributed by atoms with van der Waals surface area (Å²) in [6.45, 7) is 10.5. The van der Waals surface area contributed by atoms with Crippen LogP contribution >= 0.6 is 22.7 Å². The summed E-state index contributed by atoms with van der Waals surface area (Å²) in [6, 6.07) is 14.0. The van der Waals surface area contributed by atoms with Crippen molar-refractivity contribution in [2.24, 2.45) is 0 Å². The molecule has 2 aromatic heterocycles. The van der Waals surface area contributed by atoms with Crippen LogP contribution in [0.5, 0.6) is 11.5 Å². The van der Waals surface area contributed by atoms with Gasteiger partial charge in [-0.25, -0.2) is 0 Å². The standard InChI is InChI=1S/C36H46O2S2/c1-5-7-9-11-13-15-17-37-35-29-21-27-19-25(3)40-34(27)24-32(29)36(38-18-16-14-12-10-8-6-2)30-22-28-20-26(4)39-33(28)23-31(30)35/h19-24H,5-18H2,1-4H3. The summed E-state index contributed by atoms with van der Waals surface area (Å²) < 4.78 is 16.1. The molecule has 0 atom stereocenters. The van der Waals surface area contributed by atoms with Gasteiger partial charge in [-0.2, -0.15) is 0 Å². The van der Waals surface area contributed by atoms with Gasteiger partial charge in [0.15, 0.2) is 0 Å². The van der Waals surface area contributed by atoms with Gasteiger partial charge >= 0.3 is 0 Å². The summed E-state index contributed by atoms with van der Waals surface area (Å²) in [6.07, 6.45) is 15.2. The van der Waals surface area contributed by atoms with E-state index in [9.17, 15) is 0 Å². The summed E-state index contributed by atoms with van der Waals surface area (Å²) in [7, 11) is 0. The molecule has 214 valence electrons. The van der Waals surface area contributed by atoms with E-state index in [4.69, 9.17) is 9.47 Å². The largest absolute Gasteiger partial charge is 0.492 e. The van der Waals surface area contributed by atoms with Gasteiger partial charge in [-0.1, -0.05) is 78.1 Å². The Hall–Kier alpha value is -2.30. The molecule has 0 N–H and O–H groups in total. The van der Waals surface area contributed by atoms with Gasteiger partial charge < -0.3 is 9.47 Å². The Kier molecular flexibility index (Phi) is 10.3. The van der Waals surface area contributed by atoms with Crippen LogP contribution in [0.15, 0.2) is 36.4 Å². The first-order valence-corrected chi connectivity index (χ1v) is 17.3. The molecular weight excluding hydrogens is 529 g/mol. The van der Waals surface area contributed by atoms with Crippen molar-refractivity contribution in [3.05, 3.63) is 46.2 Å². The van der Waals surface area contributed by atoms with Gasteiger partial charge in [0.1, 0.15) is 11.5 Å². The third kappa shape index (κ3) is 6.77. The van der Waals surface area contributed by atoms with Gasteiger partial charge in [-0.3, -0.25) is 0 Å². The molecule has 0 amide bonds. The van der Waals surface area contributed by atoms with E-state index in [0.717, 1.165) is 37.6 Å². The van der Waals surface area contributed by atoms with Gasteiger partial charge in [0, 0.05) is 40.7 Å². The smallest absolute Gasteiger partial charge is 0.135 e. The molecule has 0 saturated heterocycles. The quantitative estimate of drug-likeness (QED) is 0.0862. The van der Waals surface area contributed by atoms with Crippen molar-refractivity contribution in [2.75, 3.05) is 13.2 Å². The zero-order valence-corrected chi connectivity index (χ0v) is 26.6. The second-order valence-electron chi connectivity index (χ2n) is 11.5. The molecule has 0 aliphatic heterocycles. The van der Waals surface area contributed by atoms with Crippen molar-refractivity contribution in [1.82, 2.24) is 0 Å². The number of hydrogen-bond donors (Lipinski definition) is 0. The Morgan fingerprint density at radius 1 is 0.475 bits per heavy atom. The fourth-order valence-electron chi connectivity index (χ4n) is 5.91. The van der Waals surface area contributed by atoms with E-state index in [0.29, 0.717) is 0 Å². The van der Waals surface area contributed by atoms with Crippen LogP contribution in [-0.2, 0) is 0 Å². The van der Waals surface area contributed by atoms with Crippen LogP contribution in [0, 0.1) is 13.8 Å². The molecule has 0 aliphatic carbocycles. The lowest BCUT2D eigenvalue weighted by Crippen LogP contribution is -2.02. The first kappa shape index (κ1) is 29.2. The van der Waals surface area contributed by atoms with Crippen LogP contribution in [0.25, 0.3) is 41.7 Å². The summed E-state index contributed by atoms with van der Waals surface area (Å²) in [5.74, 6) is 2.06. The van der Waals surface area contributed by atoms with Crippen molar-refractivity contribution >= 4 is 64.4 Å². The van der Waals surface area contributed by atoms with Crippen molar-refractivity contribution in [3.63, 3.8) is 0 Å². The van der Waals surface area contributed by atoms with Gasteiger partial charge in [0.25, 0.3) is 0 Å². The monoisotopic (exact) mass is 574 g/mol. The van der Waals surface area contributed by atoms with E-state index in [2.05, 4.69) is 64.1 Å². The van der Waals surface area contributed by atoms with E-state index < -0.39 is 0 Å². The van der Waals surface area contributed by atoms with Gasteiger partial charge in [-0.15, -0.1) is 22.7 Å². The topological polar surface area (TPSA) is 18.5 Å². The highest BCUT2D eigenvalue weighted by atomic mass is 32.1. The fourth-order valence-corrected chi connectivity index (χ4v) is 7.80. The third-order valence-electron chi connectivity index (χ3n) is 8.03. The lowest BCUT2D eigenvalue weighted by molar-refractivity contribution is 0.306. The maximum Gasteiger partial charge on any atom is 0.135 e. The van der Waals surface area contributed by atoms with E-state index >= 15 is 0 Å². The highest BCUT2D eigenvalue weighted by molar-refractivity contribution is 7.19. The van der Waals surface area contributed by atoms with Gasteiger partial charge in [0.05, 0.1) is 13.2 Å². The number of fused-ring (bicyclic) bond motifs is 4. The zero-order chi connectivity index (χ0) is 27.9. The minimum absolute atomic E-state index is 0.760. The maximum atomic E-state index is 6.74. The molecule has 2 heterocycles. The van der Waals surface area contributed by atoms with Crippen LogP contribution < -0.4 is 9.47 Å². The van der Waals surface area contributed by atoms with E-state index in [1.54, 1.807) is 0 Å². The molecule has 4 heteroatoms. The summed E-state index contributed by atoms with van der Waals surface area (Å²) in [5.41, 5.74) is 0. The Labute approximate surface area is 248 Å². The van der Waals surface area contributed by atoms with Crippen molar-refractivity contribution in [2.45, 2.75) is 105 Å². The Balaban J connectivity index is 1.55. The van der Waals surface area contributed by atoms with E-state index in [1.807, 2.05) is 22.7 Å². The number of hydrogen-bond acceptors (Lipinski definition) is 4. The molecule has 0 saturated carbocycles. The molecular formula is C36H46O2S2. The molecule has 3 aromatic carbocycles. The first-order chi connectivity index (χ1) is 19.6. The van der Waals surface area contributed by atoms with Crippen LogP contribution in [0.4, 0.5) is 0 Å². The van der Waals surface area contributed by atoms with Crippen LogP contribution in [-0.4, -0.2) is 13.2 Å². The average Bonchev–Trinajstić information content (AvgIpc) is 3.49. The van der Waals surface area contributed by atoms with E-state index in [1.165, 1.54) is 116 Å². The predicted octanol–water partition coefficient (Wildman–Crippen LogP) is 12.5. The maximum absolute atomic E-state index is 6.74. The van der Waals surface area contributed by atoms with Crippen molar-refractivity contribution < 1.29 is 9.47 Å². The number of aryl methyl sites for hydroxylation is 2. The molecule has 40 heavy (non-hydrogen) atoms. The van der Waals surface area contributed by atoms with Crippen LogP contribution in [0.1, 0.15) is 101 Å². The molecule has 0 aliphatic rings. The molecule has 0 bridgehead atoms. The SMILES string of the molecule is CCCCCCCCOc1c2cc3cc(C)sc3cc2c(OCCCCCCCC)c2cc3cc(C)sc3cc12. The molecule has 0 spiro atoms. The second-order valence-corrected chi connectivity index (χ2v) is 14.1. The van der Waals surface area contributed by atoms with E-state index in [-0.39, 0.29) is 0 Å². The predicted molar refractivity (Wildman–Crippen MR) is 179 cm³/mol. The number of ether oxygens (including phenoxy) is 2. The molecule has 5 aromatic rings. The second kappa shape index (κ2) is 14.0. The summed E-state index contributed by atoms with van der Waals surface area (Å²) in [4.78, 5) is 2.69. The minimum Gasteiger partial charge on any atom is -0.492 e. The molecule has 5 rings (SSSR count). The normalized spacial score (nSPS) is 11.9. The minimum atomic E-state index is 0.760. The number of benzene rings is 3. The number of rotatable bonds is 16. The Morgan fingerprint density at radius 2 is 0.850 bits per heavy atom. The highest BCUT2D eigenvalue weighted by Crippen LogP contribution is 2.47. The lowest BCUT2D eigenvalue weighted by Gasteiger charge is -2.19. The third-order valence-corrected chi connectivity index (χ3v) is 10.1. The first-order valence-electron chi connectivity index (χ1n) is 15.7. The highest BCUT2D eigenvalue weighted by Gasteiger charge is 2.19. The molecule has 0 fully saturated rings. The average molecular weight is 575 g/mol. The van der Waals surface area contributed by atoms with Crippen molar-refractivity contribution in [3.8, 4) is 11.5 Å². The number of unbranched alkanes of at least 4 members (excludes halogenated alkanes) is 10. The zero-order valence-electron chi connectivity index (χ0n) is 25.0.